The van der Waals surface area contributed by atoms with Crippen LogP contribution in [0.5, 0.6) is 0 Å². The number of imidazole rings is 1. The van der Waals surface area contributed by atoms with Crippen molar-refractivity contribution in [2.45, 2.75) is 25.8 Å². The number of carbonyl (C=O) groups is 2. The van der Waals surface area contributed by atoms with Crippen LogP contribution in [0.1, 0.15) is 25.8 Å². The quantitative estimate of drug-likeness (QED) is 0.916. The number of benzene rings is 1. The summed E-state index contributed by atoms with van der Waals surface area (Å²) in [6.07, 6.45) is 2.31. The summed E-state index contributed by atoms with van der Waals surface area (Å²) in [7, 11) is 0. The summed E-state index contributed by atoms with van der Waals surface area (Å²) in [6.45, 7) is 1.50. The Morgan fingerprint density at radius 1 is 1.47 bits per heavy atom. The number of nitrogens with zero attached hydrogens (tertiary/aromatic N) is 2. The van der Waals surface area contributed by atoms with Crippen LogP contribution in [0.4, 0.5) is 0 Å². The monoisotopic (exact) mass is 323 g/mol. The molecule has 1 atom stereocenters. The number of fused-ring (bicyclic) bond motifs is 1. The van der Waals surface area contributed by atoms with E-state index in [1.165, 1.54) is 6.92 Å². The van der Waals surface area contributed by atoms with Gasteiger partial charge in [0.05, 0.1) is 17.4 Å². The van der Waals surface area contributed by atoms with Crippen molar-refractivity contribution >= 4 is 38.7 Å². The van der Waals surface area contributed by atoms with Gasteiger partial charge in [0.15, 0.2) is 0 Å². The van der Waals surface area contributed by atoms with Crippen molar-refractivity contribution in [1.29, 1.82) is 0 Å². The van der Waals surface area contributed by atoms with Crippen LogP contribution in [0.25, 0.3) is 11.0 Å². The Bertz CT molecular complexity index is 636. The minimum atomic E-state index is -0.546. The van der Waals surface area contributed by atoms with Gasteiger partial charge in [-0.3, -0.25) is 4.79 Å². The second-order valence-corrected chi connectivity index (χ2v) is 5.36. The molecule has 0 saturated carbocycles. The molecule has 6 heteroatoms. The molecule has 1 aromatic heterocycles. The number of primary amides is 1. The van der Waals surface area contributed by atoms with Gasteiger partial charge in [0, 0.05) is 10.9 Å². The number of Topliss-reactive ketones (excluding diaryl/α,β-unsaturated/α-hetero) is 1. The number of carbonyl (C=O) groups excluding carboxylic acids is 2. The van der Waals surface area contributed by atoms with Gasteiger partial charge >= 0.3 is 0 Å². The fraction of sp³-hybridized carbons (Fsp3) is 0.308. The Morgan fingerprint density at radius 3 is 2.84 bits per heavy atom. The largest absolute Gasteiger partial charge is 0.368 e. The van der Waals surface area contributed by atoms with Crippen LogP contribution >= 0.6 is 15.9 Å². The van der Waals surface area contributed by atoms with E-state index < -0.39 is 11.9 Å². The molecule has 0 saturated heterocycles. The molecule has 1 unspecified atom stereocenters. The number of nitrogens with two attached hydrogens (primary N) is 1. The molecule has 2 N–H and O–H groups in total. The third kappa shape index (κ3) is 3.01. The number of hydrogen-bond acceptors (Lipinski definition) is 3. The second-order valence-electron chi connectivity index (χ2n) is 4.44. The zero-order valence-electron chi connectivity index (χ0n) is 10.5. The van der Waals surface area contributed by atoms with E-state index in [9.17, 15) is 9.59 Å². The smallest absolute Gasteiger partial charge is 0.240 e. The van der Waals surface area contributed by atoms with Crippen LogP contribution in [0.15, 0.2) is 29.0 Å². The molecule has 2 aromatic rings. The summed E-state index contributed by atoms with van der Waals surface area (Å²) in [5.74, 6) is -0.415. The standard InChI is InChI=1S/C13H14BrN3O2/c1-8(18)2-4-12(13(15)19)17-7-16-10-6-9(14)3-5-11(10)17/h3,5-7,12H,2,4H2,1H3,(H2,15,19). The van der Waals surface area contributed by atoms with Crippen molar-refractivity contribution in [3.05, 3.63) is 29.0 Å². The van der Waals surface area contributed by atoms with Gasteiger partial charge in [0.1, 0.15) is 11.8 Å². The van der Waals surface area contributed by atoms with Crippen LogP contribution in [-0.4, -0.2) is 21.2 Å². The predicted octanol–water partition coefficient (Wildman–Crippen LogP) is 2.19. The molecule has 0 spiro atoms. The third-order valence-electron chi connectivity index (χ3n) is 2.97. The number of halogens is 1. The zero-order valence-corrected chi connectivity index (χ0v) is 12.1. The number of aromatic nitrogens is 2. The van der Waals surface area contributed by atoms with Crippen molar-refractivity contribution in [2.75, 3.05) is 0 Å². The molecule has 5 nitrogen and oxygen atoms in total. The minimum Gasteiger partial charge on any atom is -0.368 e. The fourth-order valence-corrected chi connectivity index (χ4v) is 2.36. The summed E-state index contributed by atoms with van der Waals surface area (Å²) >= 11 is 3.37. The first kappa shape index (κ1) is 13.7. The summed E-state index contributed by atoms with van der Waals surface area (Å²) in [6, 6.07) is 5.07. The second kappa shape index (κ2) is 5.52. The van der Waals surface area contributed by atoms with E-state index in [-0.39, 0.29) is 5.78 Å². The molecule has 1 heterocycles. The molecule has 0 fully saturated rings. The molecule has 0 radical (unpaired) electrons. The van der Waals surface area contributed by atoms with Gasteiger partial charge in [-0.05, 0) is 31.5 Å². The first-order chi connectivity index (χ1) is 8.99. The van der Waals surface area contributed by atoms with Crippen LogP contribution in [0.3, 0.4) is 0 Å². The van der Waals surface area contributed by atoms with Crippen LogP contribution in [-0.2, 0) is 9.59 Å². The molecule has 0 aliphatic rings. The number of hydrogen-bond donors (Lipinski definition) is 1. The SMILES string of the molecule is CC(=O)CCC(C(N)=O)n1cnc2cc(Br)ccc21. The van der Waals surface area contributed by atoms with E-state index in [0.29, 0.717) is 12.8 Å². The van der Waals surface area contributed by atoms with Gasteiger partial charge in [0.25, 0.3) is 0 Å². The van der Waals surface area contributed by atoms with Crippen LogP contribution in [0.2, 0.25) is 0 Å². The Labute approximate surface area is 118 Å². The van der Waals surface area contributed by atoms with Crippen LogP contribution in [0, 0.1) is 0 Å². The van der Waals surface area contributed by atoms with E-state index in [2.05, 4.69) is 20.9 Å². The van der Waals surface area contributed by atoms with Gasteiger partial charge in [0.2, 0.25) is 5.91 Å². The molecule has 1 aromatic carbocycles. The van der Waals surface area contributed by atoms with Gasteiger partial charge < -0.3 is 15.1 Å². The summed E-state index contributed by atoms with van der Waals surface area (Å²) in [4.78, 5) is 26.9. The predicted molar refractivity (Wildman–Crippen MR) is 75.6 cm³/mol. The van der Waals surface area contributed by atoms with E-state index in [4.69, 9.17) is 5.73 Å². The lowest BCUT2D eigenvalue weighted by Gasteiger charge is -2.15. The lowest BCUT2D eigenvalue weighted by molar-refractivity contribution is -0.121. The van der Waals surface area contributed by atoms with Crippen molar-refractivity contribution in [1.82, 2.24) is 9.55 Å². The van der Waals surface area contributed by atoms with E-state index >= 15 is 0 Å². The van der Waals surface area contributed by atoms with Gasteiger partial charge in [-0.1, -0.05) is 15.9 Å². The van der Waals surface area contributed by atoms with Crippen molar-refractivity contribution in [3.8, 4) is 0 Å². The lowest BCUT2D eigenvalue weighted by Crippen LogP contribution is -2.26. The normalized spacial score (nSPS) is 12.5. The van der Waals surface area contributed by atoms with Crippen molar-refractivity contribution in [2.24, 2.45) is 5.73 Å². The molecule has 100 valence electrons. The lowest BCUT2D eigenvalue weighted by atomic mass is 10.1. The van der Waals surface area contributed by atoms with E-state index in [1.807, 2.05) is 18.2 Å². The molecular formula is C13H14BrN3O2. The van der Waals surface area contributed by atoms with E-state index in [0.717, 1.165) is 15.5 Å². The Hall–Kier alpha value is -1.69. The third-order valence-corrected chi connectivity index (χ3v) is 3.46. The maximum Gasteiger partial charge on any atom is 0.240 e. The van der Waals surface area contributed by atoms with Crippen LogP contribution < -0.4 is 5.73 Å². The molecule has 1 amide bonds. The number of amides is 1. The summed E-state index contributed by atoms with van der Waals surface area (Å²) < 4.78 is 2.65. The highest BCUT2D eigenvalue weighted by Crippen LogP contribution is 2.23. The summed E-state index contributed by atoms with van der Waals surface area (Å²) in [5, 5.41) is 0. The average Bonchev–Trinajstić information content (AvgIpc) is 2.71. The summed E-state index contributed by atoms with van der Waals surface area (Å²) in [5.41, 5.74) is 7.04. The fourth-order valence-electron chi connectivity index (χ4n) is 2.01. The Balaban J connectivity index is 2.39. The highest BCUT2D eigenvalue weighted by molar-refractivity contribution is 9.10. The Kier molecular flexibility index (Phi) is 3.99. The molecule has 2 rings (SSSR count). The first-order valence-corrected chi connectivity index (χ1v) is 6.69. The first-order valence-electron chi connectivity index (χ1n) is 5.90. The molecular weight excluding hydrogens is 310 g/mol. The van der Waals surface area contributed by atoms with Gasteiger partial charge in [-0.25, -0.2) is 4.98 Å². The van der Waals surface area contributed by atoms with Gasteiger partial charge in [-0.15, -0.1) is 0 Å². The molecule has 0 aliphatic carbocycles. The number of rotatable bonds is 5. The number of ketones is 1. The van der Waals surface area contributed by atoms with Crippen molar-refractivity contribution in [3.63, 3.8) is 0 Å². The molecule has 0 aliphatic heterocycles. The maximum atomic E-state index is 11.6. The highest BCUT2D eigenvalue weighted by Gasteiger charge is 2.20. The Morgan fingerprint density at radius 2 is 2.21 bits per heavy atom. The maximum absolute atomic E-state index is 11.6. The zero-order chi connectivity index (χ0) is 14.0. The molecule has 0 bridgehead atoms. The van der Waals surface area contributed by atoms with Gasteiger partial charge in [-0.2, -0.15) is 0 Å². The highest BCUT2D eigenvalue weighted by atomic mass is 79.9. The topological polar surface area (TPSA) is 78.0 Å². The van der Waals surface area contributed by atoms with Crippen molar-refractivity contribution < 1.29 is 9.59 Å². The van der Waals surface area contributed by atoms with E-state index in [1.54, 1.807) is 10.9 Å². The average molecular weight is 324 g/mol. The molecule has 19 heavy (non-hydrogen) atoms. The minimum absolute atomic E-state index is 0.0402.